The zero-order chi connectivity index (χ0) is 11.3. The van der Waals surface area contributed by atoms with Crippen molar-refractivity contribution in [2.24, 2.45) is 0 Å². The van der Waals surface area contributed by atoms with Crippen molar-refractivity contribution in [1.29, 1.82) is 0 Å². The number of aldehydes is 1. The van der Waals surface area contributed by atoms with Gasteiger partial charge in [0.15, 0.2) is 6.29 Å². The first-order valence-electron chi connectivity index (χ1n) is 4.45. The van der Waals surface area contributed by atoms with Gasteiger partial charge in [-0.05, 0) is 19.2 Å². The lowest BCUT2D eigenvalue weighted by atomic mass is 10.1. The van der Waals surface area contributed by atoms with Crippen LogP contribution in [0.15, 0.2) is 18.2 Å². The van der Waals surface area contributed by atoms with Gasteiger partial charge in [0.05, 0.1) is 5.56 Å². The first kappa shape index (κ1) is 11.5. The van der Waals surface area contributed by atoms with Crippen molar-refractivity contribution in [3.05, 3.63) is 41.0 Å². The predicted octanol–water partition coefficient (Wildman–Crippen LogP) is 2.01. The van der Waals surface area contributed by atoms with E-state index in [2.05, 4.69) is 5.32 Å². The molecule has 0 bridgehead atoms. The molecule has 0 saturated carbocycles. The van der Waals surface area contributed by atoms with Gasteiger partial charge in [-0.25, -0.2) is 8.78 Å². The summed E-state index contributed by atoms with van der Waals surface area (Å²) < 4.78 is 26.3. The zero-order valence-corrected chi connectivity index (χ0v) is 8.26. The number of hydrogen-bond acceptors (Lipinski definition) is 2. The number of likely N-dealkylation sites (N-methyl/N-ethyl adjacent to an activating group) is 1. The standard InChI is InChI=1S/C11H11F2NO/c1-14-6-2-3-8-4-5-10(12)9(7-15)11(8)13/h2-5,7,14H,6H2,1H3. The fourth-order valence-electron chi connectivity index (χ4n) is 1.13. The summed E-state index contributed by atoms with van der Waals surface area (Å²) >= 11 is 0. The Hall–Kier alpha value is -1.55. The molecule has 0 unspecified atom stereocenters. The molecule has 1 aromatic rings. The van der Waals surface area contributed by atoms with Gasteiger partial charge in [-0.15, -0.1) is 0 Å². The van der Waals surface area contributed by atoms with E-state index in [1.54, 1.807) is 13.1 Å². The summed E-state index contributed by atoms with van der Waals surface area (Å²) in [5, 5.41) is 2.84. The molecule has 15 heavy (non-hydrogen) atoms. The third kappa shape index (κ3) is 2.70. The topological polar surface area (TPSA) is 29.1 Å². The predicted molar refractivity (Wildman–Crippen MR) is 54.7 cm³/mol. The average Bonchev–Trinajstić information content (AvgIpc) is 2.22. The first-order valence-corrected chi connectivity index (χ1v) is 4.45. The van der Waals surface area contributed by atoms with Crippen LogP contribution in [0.2, 0.25) is 0 Å². The fourth-order valence-corrected chi connectivity index (χ4v) is 1.13. The molecule has 0 aliphatic heterocycles. The second-order valence-electron chi connectivity index (χ2n) is 2.94. The Balaban J connectivity index is 3.05. The number of halogens is 2. The number of carbonyl (C=O) groups is 1. The lowest BCUT2D eigenvalue weighted by Gasteiger charge is -2.01. The molecule has 0 aromatic heterocycles. The lowest BCUT2D eigenvalue weighted by molar-refractivity contribution is 0.111. The highest BCUT2D eigenvalue weighted by molar-refractivity contribution is 5.77. The maximum absolute atomic E-state index is 13.4. The van der Waals surface area contributed by atoms with Crippen LogP contribution in [-0.2, 0) is 0 Å². The Morgan fingerprint density at radius 3 is 2.73 bits per heavy atom. The molecule has 0 aliphatic rings. The van der Waals surface area contributed by atoms with Gasteiger partial charge in [0.1, 0.15) is 11.6 Å². The SMILES string of the molecule is CNCC=Cc1ccc(F)c(C=O)c1F. The maximum Gasteiger partial charge on any atom is 0.155 e. The molecule has 0 heterocycles. The van der Waals surface area contributed by atoms with E-state index in [0.717, 1.165) is 6.07 Å². The van der Waals surface area contributed by atoms with Crippen molar-refractivity contribution >= 4 is 12.4 Å². The van der Waals surface area contributed by atoms with Crippen LogP contribution in [0, 0.1) is 11.6 Å². The van der Waals surface area contributed by atoms with Crippen LogP contribution >= 0.6 is 0 Å². The Morgan fingerprint density at radius 2 is 2.13 bits per heavy atom. The van der Waals surface area contributed by atoms with E-state index >= 15 is 0 Å². The molecule has 0 fully saturated rings. The highest BCUT2D eigenvalue weighted by Gasteiger charge is 2.10. The van der Waals surface area contributed by atoms with Gasteiger partial charge in [-0.3, -0.25) is 4.79 Å². The summed E-state index contributed by atoms with van der Waals surface area (Å²) in [5.41, 5.74) is -0.324. The molecule has 1 N–H and O–H groups in total. The van der Waals surface area contributed by atoms with Crippen molar-refractivity contribution in [3.63, 3.8) is 0 Å². The fraction of sp³-hybridized carbons (Fsp3) is 0.182. The molecular weight excluding hydrogens is 200 g/mol. The normalized spacial score (nSPS) is 10.9. The molecule has 4 heteroatoms. The second kappa shape index (κ2) is 5.36. The molecule has 0 saturated heterocycles. The van der Waals surface area contributed by atoms with E-state index in [4.69, 9.17) is 0 Å². The van der Waals surface area contributed by atoms with Gasteiger partial charge >= 0.3 is 0 Å². The van der Waals surface area contributed by atoms with Crippen LogP contribution in [0.3, 0.4) is 0 Å². The van der Waals surface area contributed by atoms with Crippen molar-refractivity contribution < 1.29 is 13.6 Å². The molecule has 2 nitrogen and oxygen atoms in total. The van der Waals surface area contributed by atoms with Gasteiger partial charge in [0.25, 0.3) is 0 Å². The van der Waals surface area contributed by atoms with Gasteiger partial charge in [-0.1, -0.05) is 12.2 Å². The third-order valence-corrected chi connectivity index (χ3v) is 1.89. The van der Waals surface area contributed by atoms with E-state index in [1.165, 1.54) is 12.1 Å². The molecule has 0 aliphatic carbocycles. The molecule has 1 rings (SSSR count). The highest BCUT2D eigenvalue weighted by Crippen LogP contribution is 2.16. The van der Waals surface area contributed by atoms with Gasteiger partial charge in [-0.2, -0.15) is 0 Å². The van der Waals surface area contributed by atoms with E-state index in [-0.39, 0.29) is 11.8 Å². The van der Waals surface area contributed by atoms with Crippen molar-refractivity contribution in [3.8, 4) is 0 Å². The molecule has 0 spiro atoms. The molecule has 1 aromatic carbocycles. The summed E-state index contributed by atoms with van der Waals surface area (Å²) in [4.78, 5) is 10.4. The molecule has 80 valence electrons. The van der Waals surface area contributed by atoms with Gasteiger partial charge in [0, 0.05) is 12.1 Å². The quantitative estimate of drug-likeness (QED) is 0.772. The number of nitrogens with one attached hydrogen (secondary N) is 1. The molecular formula is C11H11F2NO. The van der Waals surface area contributed by atoms with Crippen LogP contribution in [0.1, 0.15) is 15.9 Å². The van der Waals surface area contributed by atoms with Crippen LogP contribution in [-0.4, -0.2) is 19.9 Å². The van der Waals surface area contributed by atoms with Gasteiger partial charge in [0.2, 0.25) is 0 Å². The Labute approximate surface area is 86.6 Å². The van der Waals surface area contributed by atoms with Crippen molar-refractivity contribution in [2.45, 2.75) is 0 Å². The van der Waals surface area contributed by atoms with Crippen molar-refractivity contribution in [1.82, 2.24) is 5.32 Å². The molecule has 0 amide bonds. The smallest absolute Gasteiger partial charge is 0.155 e. The number of benzene rings is 1. The number of carbonyl (C=O) groups excluding carboxylic acids is 1. The molecule has 0 atom stereocenters. The Kier molecular flexibility index (Phi) is 4.12. The van der Waals surface area contributed by atoms with Crippen LogP contribution < -0.4 is 5.32 Å². The summed E-state index contributed by atoms with van der Waals surface area (Å²) in [6, 6.07) is 2.37. The number of rotatable bonds is 4. The van der Waals surface area contributed by atoms with Crippen LogP contribution in [0.4, 0.5) is 8.78 Å². The monoisotopic (exact) mass is 211 g/mol. The minimum atomic E-state index is -0.840. The minimum absolute atomic E-state index is 0.181. The minimum Gasteiger partial charge on any atom is -0.316 e. The summed E-state index contributed by atoms with van der Waals surface area (Å²) in [5.74, 6) is -1.66. The van der Waals surface area contributed by atoms with Gasteiger partial charge < -0.3 is 5.32 Å². The van der Waals surface area contributed by atoms with Crippen LogP contribution in [0.25, 0.3) is 6.08 Å². The lowest BCUT2D eigenvalue weighted by Crippen LogP contribution is -2.04. The highest BCUT2D eigenvalue weighted by atomic mass is 19.1. The summed E-state index contributed by atoms with van der Waals surface area (Å²) in [6.07, 6.45) is 3.36. The van der Waals surface area contributed by atoms with E-state index < -0.39 is 17.2 Å². The first-order chi connectivity index (χ1) is 7.20. The number of hydrogen-bond donors (Lipinski definition) is 1. The molecule has 0 radical (unpaired) electrons. The maximum atomic E-state index is 13.4. The van der Waals surface area contributed by atoms with Crippen LogP contribution in [0.5, 0.6) is 0 Å². The Bertz CT molecular complexity index is 388. The summed E-state index contributed by atoms with van der Waals surface area (Å²) in [6.45, 7) is 0.577. The second-order valence-corrected chi connectivity index (χ2v) is 2.94. The van der Waals surface area contributed by atoms with E-state index in [0.29, 0.717) is 6.54 Å². The largest absolute Gasteiger partial charge is 0.316 e. The Morgan fingerprint density at radius 1 is 1.40 bits per heavy atom. The summed E-state index contributed by atoms with van der Waals surface area (Å²) in [7, 11) is 1.75. The van der Waals surface area contributed by atoms with E-state index in [1.807, 2.05) is 0 Å². The third-order valence-electron chi connectivity index (χ3n) is 1.89. The van der Waals surface area contributed by atoms with Crippen molar-refractivity contribution in [2.75, 3.05) is 13.6 Å². The van der Waals surface area contributed by atoms with E-state index in [9.17, 15) is 13.6 Å². The zero-order valence-electron chi connectivity index (χ0n) is 8.26. The average molecular weight is 211 g/mol.